The molecule has 19 heavy (non-hydrogen) atoms. The van der Waals surface area contributed by atoms with E-state index in [2.05, 4.69) is 13.8 Å². The van der Waals surface area contributed by atoms with Crippen molar-refractivity contribution in [1.29, 1.82) is 0 Å². The van der Waals surface area contributed by atoms with Gasteiger partial charge in [0.1, 0.15) is 9.20 Å². The average molecular weight is 337 g/mol. The Morgan fingerprint density at radius 2 is 1.95 bits per heavy atom. The first-order valence-electron chi connectivity index (χ1n) is 5.86. The number of nitrogens with zero attached hydrogens (tertiary/aromatic N) is 1. The third-order valence-corrected chi connectivity index (χ3v) is 7.80. The molecule has 0 bridgehead atoms. The lowest BCUT2D eigenvalue weighted by Crippen LogP contribution is -2.43. The highest BCUT2D eigenvalue weighted by Gasteiger charge is 2.33. The zero-order chi connectivity index (χ0) is 14.2. The molecule has 1 aliphatic rings. The van der Waals surface area contributed by atoms with E-state index < -0.39 is 10.0 Å². The molecule has 1 aromatic heterocycles. The summed E-state index contributed by atoms with van der Waals surface area (Å²) in [5.74, 6) is 0. The van der Waals surface area contributed by atoms with E-state index in [1.807, 2.05) is 11.8 Å². The Kier molecular flexibility index (Phi) is 4.56. The van der Waals surface area contributed by atoms with Gasteiger partial charge in [0, 0.05) is 23.6 Å². The van der Waals surface area contributed by atoms with Gasteiger partial charge in [0.25, 0.3) is 10.0 Å². The van der Waals surface area contributed by atoms with Gasteiger partial charge in [-0.3, -0.25) is 0 Å². The molecule has 1 aliphatic heterocycles. The third kappa shape index (κ3) is 3.30. The Balaban J connectivity index is 2.28. The molecule has 0 radical (unpaired) electrons. The second kappa shape index (κ2) is 5.69. The van der Waals surface area contributed by atoms with Gasteiger partial charge >= 0.3 is 0 Å². The van der Waals surface area contributed by atoms with Crippen LogP contribution in [0.15, 0.2) is 16.3 Å². The molecule has 8 heteroatoms. The molecule has 2 rings (SSSR count). The molecule has 2 heterocycles. The van der Waals surface area contributed by atoms with E-state index in [9.17, 15) is 8.42 Å². The second-order valence-electron chi connectivity index (χ2n) is 4.56. The first-order valence-corrected chi connectivity index (χ1v) is 9.46. The Morgan fingerprint density at radius 1 is 1.37 bits per heavy atom. The fourth-order valence-electron chi connectivity index (χ4n) is 2.05. The molecular weight excluding hydrogens is 320 g/mol. The van der Waals surface area contributed by atoms with Crippen molar-refractivity contribution < 1.29 is 8.42 Å². The summed E-state index contributed by atoms with van der Waals surface area (Å²) in [5, 5.41) is 0.627. The van der Waals surface area contributed by atoms with Crippen LogP contribution in [0.2, 0.25) is 0 Å². The third-order valence-electron chi connectivity index (χ3n) is 2.80. The zero-order valence-electron chi connectivity index (χ0n) is 10.7. The summed E-state index contributed by atoms with van der Waals surface area (Å²) in [5.41, 5.74) is 5.52. The Hall–Kier alpha value is -0.150. The number of thioether (sulfide) groups is 1. The molecule has 0 saturated carbocycles. The molecule has 0 aromatic carbocycles. The predicted molar refractivity (Wildman–Crippen MR) is 85.5 cm³/mol. The maximum absolute atomic E-state index is 12.6. The molecule has 2 atom stereocenters. The largest absolute Gasteiger partial charge is 0.389 e. The van der Waals surface area contributed by atoms with E-state index in [0.717, 1.165) is 11.3 Å². The summed E-state index contributed by atoms with van der Waals surface area (Å²) >= 11 is 7.83. The highest BCUT2D eigenvalue weighted by atomic mass is 32.2. The molecular formula is C11H16N2O2S4. The fraction of sp³-hybridized carbons (Fsp3) is 0.545. The van der Waals surface area contributed by atoms with Gasteiger partial charge in [-0.05, 0) is 12.1 Å². The van der Waals surface area contributed by atoms with Crippen molar-refractivity contribution in [2.75, 3.05) is 13.1 Å². The van der Waals surface area contributed by atoms with Crippen LogP contribution in [0, 0.1) is 0 Å². The lowest BCUT2D eigenvalue weighted by Gasteiger charge is -2.33. The van der Waals surface area contributed by atoms with Crippen molar-refractivity contribution in [3.05, 3.63) is 17.0 Å². The van der Waals surface area contributed by atoms with Crippen molar-refractivity contribution in [1.82, 2.24) is 4.31 Å². The normalized spacial score (nSPS) is 25.4. The van der Waals surface area contributed by atoms with Gasteiger partial charge in [0.2, 0.25) is 0 Å². The Labute approximate surface area is 127 Å². The first kappa shape index (κ1) is 15.2. The minimum atomic E-state index is -3.42. The van der Waals surface area contributed by atoms with Crippen molar-refractivity contribution >= 4 is 50.3 Å². The predicted octanol–water partition coefficient (Wildman–Crippen LogP) is 1.90. The minimum Gasteiger partial charge on any atom is -0.389 e. The van der Waals surface area contributed by atoms with Crippen molar-refractivity contribution in [3.8, 4) is 0 Å². The number of sulfonamides is 1. The van der Waals surface area contributed by atoms with Gasteiger partial charge < -0.3 is 5.73 Å². The van der Waals surface area contributed by atoms with Crippen molar-refractivity contribution in [3.63, 3.8) is 0 Å². The number of hydrogen-bond acceptors (Lipinski definition) is 5. The van der Waals surface area contributed by atoms with Crippen LogP contribution in [0.3, 0.4) is 0 Å². The molecule has 1 fully saturated rings. The molecule has 2 N–H and O–H groups in total. The van der Waals surface area contributed by atoms with Crippen LogP contribution >= 0.6 is 35.3 Å². The van der Waals surface area contributed by atoms with Crippen LogP contribution in [0.25, 0.3) is 0 Å². The van der Waals surface area contributed by atoms with Gasteiger partial charge in [-0.1, -0.05) is 26.1 Å². The van der Waals surface area contributed by atoms with Crippen molar-refractivity contribution in [2.24, 2.45) is 5.73 Å². The van der Waals surface area contributed by atoms with Gasteiger partial charge in [0.05, 0.1) is 4.88 Å². The van der Waals surface area contributed by atoms with Gasteiger partial charge in [-0.15, -0.1) is 11.3 Å². The smallest absolute Gasteiger partial charge is 0.252 e. The molecule has 1 aromatic rings. The van der Waals surface area contributed by atoms with Crippen LogP contribution in [-0.4, -0.2) is 41.3 Å². The van der Waals surface area contributed by atoms with E-state index in [1.54, 1.807) is 16.4 Å². The highest BCUT2D eigenvalue weighted by Crippen LogP contribution is 2.31. The Morgan fingerprint density at radius 3 is 2.42 bits per heavy atom. The summed E-state index contributed by atoms with van der Waals surface area (Å²) in [6, 6.07) is 3.26. The number of thiocarbonyl (C=S) groups is 1. The standard InChI is InChI=1S/C11H16N2O2S4/c1-7-5-13(6-8(2)17-7)19(14,15)10-4-3-9(18-10)11(12)16/h3-4,7-8H,5-6H2,1-2H3,(H2,12,16). The molecule has 0 spiro atoms. The zero-order valence-corrected chi connectivity index (χ0v) is 14.0. The molecule has 0 amide bonds. The number of hydrogen-bond donors (Lipinski definition) is 1. The topological polar surface area (TPSA) is 63.4 Å². The number of nitrogens with two attached hydrogens (primary N) is 1. The lowest BCUT2D eigenvalue weighted by molar-refractivity contribution is 0.406. The van der Waals surface area contributed by atoms with E-state index in [0.29, 0.717) is 32.7 Å². The van der Waals surface area contributed by atoms with Gasteiger partial charge in [-0.2, -0.15) is 16.1 Å². The number of thiophene rings is 1. The van der Waals surface area contributed by atoms with Crippen LogP contribution < -0.4 is 5.73 Å². The van der Waals surface area contributed by atoms with Crippen LogP contribution in [-0.2, 0) is 10.0 Å². The van der Waals surface area contributed by atoms with Crippen LogP contribution in [0.4, 0.5) is 0 Å². The summed E-state index contributed by atoms with van der Waals surface area (Å²) in [4.78, 5) is 0.878. The van der Waals surface area contributed by atoms with Crippen LogP contribution in [0.1, 0.15) is 18.7 Å². The summed E-state index contributed by atoms with van der Waals surface area (Å²) in [6.07, 6.45) is 0. The fourth-order valence-corrected chi connectivity index (χ4v) is 6.68. The summed E-state index contributed by atoms with van der Waals surface area (Å²) in [6.45, 7) is 5.21. The second-order valence-corrected chi connectivity index (χ2v) is 10.1. The van der Waals surface area contributed by atoms with E-state index in [4.69, 9.17) is 18.0 Å². The Bertz CT molecular complexity index is 571. The average Bonchev–Trinajstić information content (AvgIpc) is 2.77. The summed E-state index contributed by atoms with van der Waals surface area (Å²) < 4.78 is 27.0. The van der Waals surface area contributed by atoms with E-state index >= 15 is 0 Å². The lowest BCUT2D eigenvalue weighted by atomic mass is 10.4. The van der Waals surface area contributed by atoms with Crippen LogP contribution in [0.5, 0.6) is 0 Å². The molecule has 106 valence electrons. The van der Waals surface area contributed by atoms with E-state index in [1.165, 1.54) is 0 Å². The van der Waals surface area contributed by atoms with Crippen molar-refractivity contribution in [2.45, 2.75) is 28.6 Å². The maximum atomic E-state index is 12.6. The van der Waals surface area contributed by atoms with Gasteiger partial charge in [-0.25, -0.2) is 8.42 Å². The summed E-state index contributed by atoms with van der Waals surface area (Å²) in [7, 11) is -3.42. The number of rotatable bonds is 3. The first-order chi connectivity index (χ1) is 8.80. The monoisotopic (exact) mass is 336 g/mol. The SMILES string of the molecule is CC1CN(S(=O)(=O)c2ccc(C(N)=S)s2)CC(C)S1. The molecule has 4 nitrogen and oxygen atoms in total. The van der Waals surface area contributed by atoms with E-state index in [-0.39, 0.29) is 4.99 Å². The van der Waals surface area contributed by atoms with Gasteiger partial charge in [0.15, 0.2) is 0 Å². The molecule has 2 unspecified atom stereocenters. The molecule has 1 saturated heterocycles. The maximum Gasteiger partial charge on any atom is 0.252 e. The quantitative estimate of drug-likeness (QED) is 0.854. The minimum absolute atomic E-state index is 0.238. The molecule has 0 aliphatic carbocycles. The highest BCUT2D eigenvalue weighted by molar-refractivity contribution is 8.00.